The van der Waals surface area contributed by atoms with E-state index in [9.17, 15) is 4.79 Å². The van der Waals surface area contributed by atoms with Gasteiger partial charge in [0.1, 0.15) is 0 Å². The van der Waals surface area contributed by atoms with Gasteiger partial charge in [-0.1, -0.05) is 58.0 Å². The monoisotopic (exact) mass is 259 g/mol. The highest BCUT2D eigenvalue weighted by Crippen LogP contribution is 2.38. The molecular formula is C17H25NO. The molecule has 1 fully saturated rings. The fourth-order valence-corrected chi connectivity index (χ4v) is 2.80. The number of amides is 1. The number of benzene rings is 1. The molecule has 0 aliphatic carbocycles. The third-order valence-electron chi connectivity index (χ3n) is 4.42. The summed E-state index contributed by atoms with van der Waals surface area (Å²) in [7, 11) is 0. The van der Waals surface area contributed by atoms with Crippen LogP contribution in [0.1, 0.15) is 52.1 Å². The van der Waals surface area contributed by atoms with Crippen LogP contribution in [0.2, 0.25) is 0 Å². The van der Waals surface area contributed by atoms with Gasteiger partial charge in [0.15, 0.2) is 0 Å². The Hall–Kier alpha value is -1.31. The lowest BCUT2D eigenvalue weighted by Gasteiger charge is -2.32. The van der Waals surface area contributed by atoms with E-state index in [-0.39, 0.29) is 11.5 Å². The number of hydrogen-bond donors (Lipinski definition) is 0. The predicted octanol–water partition coefficient (Wildman–Crippen LogP) is 4.03. The van der Waals surface area contributed by atoms with Gasteiger partial charge in [0.2, 0.25) is 5.91 Å². The van der Waals surface area contributed by atoms with Gasteiger partial charge < -0.3 is 4.90 Å². The molecule has 2 heteroatoms. The van der Waals surface area contributed by atoms with Crippen LogP contribution in [0.5, 0.6) is 0 Å². The van der Waals surface area contributed by atoms with E-state index in [1.54, 1.807) is 0 Å². The van der Waals surface area contributed by atoms with Gasteiger partial charge >= 0.3 is 0 Å². The molecule has 0 aromatic heterocycles. The third-order valence-corrected chi connectivity index (χ3v) is 4.42. The molecule has 1 aromatic rings. The maximum atomic E-state index is 12.8. The van der Waals surface area contributed by atoms with E-state index in [2.05, 4.69) is 56.9 Å². The number of likely N-dealkylation sites (tertiary alicyclic amines) is 1. The molecule has 1 aliphatic rings. The van der Waals surface area contributed by atoms with Gasteiger partial charge in [-0.25, -0.2) is 0 Å². The first kappa shape index (κ1) is 14.1. The molecular weight excluding hydrogens is 234 g/mol. The van der Waals surface area contributed by atoms with Gasteiger partial charge in [-0.3, -0.25) is 4.79 Å². The second-order valence-corrected chi connectivity index (χ2v) is 6.46. The first-order valence-corrected chi connectivity index (χ1v) is 7.31. The number of carbonyl (C=O) groups excluding carboxylic acids is 1. The van der Waals surface area contributed by atoms with Crippen LogP contribution in [0.4, 0.5) is 0 Å². The standard InChI is InChI=1S/C17H25NO/c1-5-17(3,4)16(19)18-12-13(2)11-15(18)14-9-7-6-8-10-14/h6-10,13,15H,5,11-12H2,1-4H3/t13-,15-/m0/s1. The molecule has 104 valence electrons. The van der Waals surface area contributed by atoms with E-state index < -0.39 is 0 Å². The minimum Gasteiger partial charge on any atom is -0.335 e. The number of nitrogens with zero attached hydrogens (tertiary/aromatic N) is 1. The van der Waals surface area contributed by atoms with E-state index in [1.165, 1.54) is 5.56 Å². The number of rotatable bonds is 3. The Morgan fingerprint density at radius 3 is 2.53 bits per heavy atom. The fourth-order valence-electron chi connectivity index (χ4n) is 2.80. The van der Waals surface area contributed by atoms with Crippen molar-refractivity contribution in [3.63, 3.8) is 0 Å². The summed E-state index contributed by atoms with van der Waals surface area (Å²) in [6, 6.07) is 10.7. The predicted molar refractivity (Wildman–Crippen MR) is 78.7 cm³/mol. The summed E-state index contributed by atoms with van der Waals surface area (Å²) < 4.78 is 0. The Bertz CT molecular complexity index is 438. The van der Waals surface area contributed by atoms with Crippen LogP contribution in [-0.4, -0.2) is 17.4 Å². The minimum atomic E-state index is -0.253. The summed E-state index contributed by atoms with van der Waals surface area (Å²) >= 11 is 0. The van der Waals surface area contributed by atoms with Crippen molar-refractivity contribution in [3.05, 3.63) is 35.9 Å². The minimum absolute atomic E-state index is 0.253. The highest BCUT2D eigenvalue weighted by atomic mass is 16.2. The van der Waals surface area contributed by atoms with Crippen molar-refractivity contribution in [2.75, 3.05) is 6.54 Å². The summed E-state index contributed by atoms with van der Waals surface area (Å²) in [5.74, 6) is 0.884. The second-order valence-electron chi connectivity index (χ2n) is 6.46. The van der Waals surface area contributed by atoms with Crippen LogP contribution < -0.4 is 0 Å². The fraction of sp³-hybridized carbons (Fsp3) is 0.588. The highest BCUT2D eigenvalue weighted by molar-refractivity contribution is 5.82. The van der Waals surface area contributed by atoms with Crippen molar-refractivity contribution >= 4 is 5.91 Å². The molecule has 2 atom stereocenters. The van der Waals surface area contributed by atoms with Crippen molar-refractivity contribution in [2.24, 2.45) is 11.3 Å². The Morgan fingerprint density at radius 2 is 1.95 bits per heavy atom. The van der Waals surface area contributed by atoms with E-state index in [1.807, 2.05) is 6.07 Å². The number of hydrogen-bond acceptors (Lipinski definition) is 1. The zero-order valence-corrected chi connectivity index (χ0v) is 12.5. The Labute approximate surface area is 116 Å². The van der Waals surface area contributed by atoms with Crippen LogP contribution in [0.3, 0.4) is 0 Å². The summed E-state index contributed by atoms with van der Waals surface area (Å²) in [4.78, 5) is 14.9. The van der Waals surface area contributed by atoms with Crippen LogP contribution in [0.15, 0.2) is 30.3 Å². The van der Waals surface area contributed by atoms with Crippen LogP contribution >= 0.6 is 0 Å². The van der Waals surface area contributed by atoms with Gasteiger partial charge in [0.05, 0.1) is 6.04 Å². The summed E-state index contributed by atoms with van der Waals surface area (Å²) in [5, 5.41) is 0. The van der Waals surface area contributed by atoms with Crippen molar-refractivity contribution < 1.29 is 4.79 Å². The summed E-state index contributed by atoms with van der Waals surface area (Å²) in [5.41, 5.74) is 1.02. The third kappa shape index (κ3) is 2.83. The molecule has 19 heavy (non-hydrogen) atoms. The SMILES string of the molecule is CCC(C)(C)C(=O)N1C[C@@H](C)C[C@H]1c1ccccc1. The molecule has 0 saturated carbocycles. The van der Waals surface area contributed by atoms with E-state index >= 15 is 0 Å². The van der Waals surface area contributed by atoms with Gasteiger partial charge in [0.25, 0.3) is 0 Å². The average molecular weight is 259 g/mol. The molecule has 0 bridgehead atoms. The molecule has 2 rings (SSSR count). The van der Waals surface area contributed by atoms with Crippen LogP contribution in [0, 0.1) is 11.3 Å². The molecule has 0 spiro atoms. The lowest BCUT2D eigenvalue weighted by atomic mass is 9.88. The molecule has 1 aromatic carbocycles. The molecule has 0 N–H and O–H groups in total. The van der Waals surface area contributed by atoms with E-state index in [4.69, 9.17) is 0 Å². The van der Waals surface area contributed by atoms with Gasteiger partial charge in [-0.05, 0) is 24.3 Å². The molecule has 0 unspecified atom stereocenters. The maximum absolute atomic E-state index is 12.8. The molecule has 1 saturated heterocycles. The van der Waals surface area contributed by atoms with Crippen molar-refractivity contribution in [1.82, 2.24) is 4.90 Å². The Morgan fingerprint density at radius 1 is 1.32 bits per heavy atom. The highest BCUT2D eigenvalue weighted by Gasteiger charge is 2.39. The second kappa shape index (κ2) is 5.36. The molecule has 0 radical (unpaired) electrons. The smallest absolute Gasteiger partial charge is 0.228 e. The topological polar surface area (TPSA) is 20.3 Å². The van der Waals surface area contributed by atoms with E-state index in [0.717, 1.165) is 19.4 Å². The van der Waals surface area contributed by atoms with Crippen LogP contribution in [0.25, 0.3) is 0 Å². The molecule has 1 amide bonds. The zero-order valence-electron chi connectivity index (χ0n) is 12.5. The quantitative estimate of drug-likeness (QED) is 0.802. The van der Waals surface area contributed by atoms with Crippen molar-refractivity contribution in [3.8, 4) is 0 Å². The van der Waals surface area contributed by atoms with Gasteiger partial charge in [-0.15, -0.1) is 0 Å². The molecule has 1 heterocycles. The van der Waals surface area contributed by atoms with Crippen LogP contribution in [-0.2, 0) is 4.79 Å². The lowest BCUT2D eigenvalue weighted by Crippen LogP contribution is -2.40. The normalized spacial score (nSPS) is 23.7. The first-order valence-electron chi connectivity index (χ1n) is 7.31. The largest absolute Gasteiger partial charge is 0.335 e. The Balaban J connectivity index is 2.26. The average Bonchev–Trinajstić information content (AvgIpc) is 2.80. The van der Waals surface area contributed by atoms with Gasteiger partial charge in [0, 0.05) is 12.0 Å². The molecule has 2 nitrogen and oxygen atoms in total. The summed E-state index contributed by atoms with van der Waals surface area (Å²) in [6.07, 6.45) is 1.97. The Kier molecular flexibility index (Phi) is 3.98. The van der Waals surface area contributed by atoms with Crippen molar-refractivity contribution in [2.45, 2.75) is 46.6 Å². The number of carbonyl (C=O) groups is 1. The summed E-state index contributed by atoms with van der Waals surface area (Å²) in [6.45, 7) is 9.33. The van der Waals surface area contributed by atoms with E-state index in [0.29, 0.717) is 11.8 Å². The van der Waals surface area contributed by atoms with Gasteiger partial charge in [-0.2, -0.15) is 0 Å². The van der Waals surface area contributed by atoms with Crippen molar-refractivity contribution in [1.29, 1.82) is 0 Å². The first-order chi connectivity index (χ1) is 8.95. The maximum Gasteiger partial charge on any atom is 0.228 e. The molecule has 1 aliphatic heterocycles. The zero-order chi connectivity index (χ0) is 14.0. The lowest BCUT2D eigenvalue weighted by molar-refractivity contribution is -0.141.